The van der Waals surface area contributed by atoms with Crippen molar-refractivity contribution < 1.29 is 14.1 Å². The van der Waals surface area contributed by atoms with Gasteiger partial charge in [0.15, 0.2) is 0 Å². The topological polar surface area (TPSA) is 52.3 Å². The van der Waals surface area contributed by atoms with Crippen molar-refractivity contribution >= 4 is 29.2 Å². The molecule has 1 aromatic carbocycles. The number of carbonyl (C=O) groups is 1. The second-order valence-corrected chi connectivity index (χ2v) is 10.1. The van der Waals surface area contributed by atoms with Crippen molar-refractivity contribution in [3.05, 3.63) is 50.8 Å². The summed E-state index contributed by atoms with van der Waals surface area (Å²) in [4.78, 5) is 13.4. The highest BCUT2D eigenvalue weighted by Gasteiger charge is 2.44. The number of esters is 1. The van der Waals surface area contributed by atoms with Gasteiger partial charge in [-0.05, 0) is 48.8 Å². The zero-order valence-corrected chi connectivity index (χ0v) is 18.5. The first-order valence-electron chi connectivity index (χ1n) is 10.4. The molecule has 2 aliphatic rings. The van der Waals surface area contributed by atoms with Crippen LogP contribution in [0.4, 0.5) is 0 Å². The SMILES string of the molecule is CC1(C)CCc2onc(COC(=O)C3(c4ccc(Cl)cc4Cl)CCCCC3)c2C1. The van der Waals surface area contributed by atoms with Crippen molar-refractivity contribution in [3.63, 3.8) is 0 Å². The number of rotatable bonds is 4. The number of aromatic nitrogens is 1. The van der Waals surface area contributed by atoms with E-state index in [4.69, 9.17) is 32.5 Å². The lowest BCUT2D eigenvalue weighted by molar-refractivity contribution is -0.153. The van der Waals surface area contributed by atoms with Crippen LogP contribution >= 0.6 is 23.2 Å². The molecule has 0 spiro atoms. The molecule has 1 saturated carbocycles. The summed E-state index contributed by atoms with van der Waals surface area (Å²) < 4.78 is 11.4. The minimum Gasteiger partial charge on any atom is -0.458 e. The molecule has 1 heterocycles. The Balaban J connectivity index is 1.57. The van der Waals surface area contributed by atoms with E-state index in [-0.39, 0.29) is 18.0 Å². The van der Waals surface area contributed by atoms with Crippen LogP contribution in [0.2, 0.25) is 10.0 Å². The maximum absolute atomic E-state index is 13.4. The van der Waals surface area contributed by atoms with E-state index in [1.165, 1.54) is 0 Å². The van der Waals surface area contributed by atoms with E-state index in [0.29, 0.717) is 10.0 Å². The van der Waals surface area contributed by atoms with Gasteiger partial charge in [0.1, 0.15) is 18.1 Å². The van der Waals surface area contributed by atoms with Gasteiger partial charge < -0.3 is 9.26 Å². The first-order valence-corrected chi connectivity index (χ1v) is 11.2. The lowest BCUT2D eigenvalue weighted by Crippen LogP contribution is -2.39. The highest BCUT2D eigenvalue weighted by atomic mass is 35.5. The number of hydrogen-bond acceptors (Lipinski definition) is 4. The highest BCUT2D eigenvalue weighted by Crippen LogP contribution is 2.44. The molecular formula is C23H27Cl2NO3. The van der Waals surface area contributed by atoms with Gasteiger partial charge in [-0.25, -0.2) is 0 Å². The van der Waals surface area contributed by atoms with Crippen molar-refractivity contribution in [1.29, 1.82) is 0 Å². The van der Waals surface area contributed by atoms with Gasteiger partial charge in [0.2, 0.25) is 0 Å². The van der Waals surface area contributed by atoms with Gasteiger partial charge >= 0.3 is 5.97 Å². The summed E-state index contributed by atoms with van der Waals surface area (Å²) in [5.74, 6) is 0.705. The monoisotopic (exact) mass is 435 g/mol. The minimum absolute atomic E-state index is 0.140. The average Bonchev–Trinajstić information content (AvgIpc) is 3.07. The van der Waals surface area contributed by atoms with Gasteiger partial charge in [-0.3, -0.25) is 4.79 Å². The maximum Gasteiger partial charge on any atom is 0.317 e. The summed E-state index contributed by atoms with van der Waals surface area (Å²) in [6.45, 7) is 4.64. The number of halogens is 2. The van der Waals surface area contributed by atoms with Crippen molar-refractivity contribution in [2.75, 3.05) is 0 Å². The van der Waals surface area contributed by atoms with Gasteiger partial charge in [0.05, 0.1) is 5.41 Å². The molecule has 2 aromatic rings. The van der Waals surface area contributed by atoms with E-state index in [1.807, 2.05) is 6.07 Å². The van der Waals surface area contributed by atoms with Crippen LogP contribution in [0.1, 0.15) is 75.0 Å². The number of ether oxygens (including phenoxy) is 1. The molecule has 0 aliphatic heterocycles. The molecule has 29 heavy (non-hydrogen) atoms. The van der Waals surface area contributed by atoms with Crippen LogP contribution < -0.4 is 0 Å². The van der Waals surface area contributed by atoms with Crippen molar-refractivity contribution in [1.82, 2.24) is 5.16 Å². The smallest absolute Gasteiger partial charge is 0.317 e. The lowest BCUT2D eigenvalue weighted by atomic mass is 9.69. The van der Waals surface area contributed by atoms with Gasteiger partial charge in [0.25, 0.3) is 0 Å². The summed E-state index contributed by atoms with van der Waals surface area (Å²) in [7, 11) is 0. The van der Waals surface area contributed by atoms with Crippen molar-refractivity contribution in [2.24, 2.45) is 5.41 Å². The van der Waals surface area contributed by atoms with Gasteiger partial charge in [-0.1, -0.05) is 67.5 Å². The molecule has 6 heteroatoms. The number of aryl methyl sites for hydroxylation is 1. The van der Waals surface area contributed by atoms with Crippen LogP contribution in [0.25, 0.3) is 0 Å². The Hall–Kier alpha value is -1.52. The molecule has 2 aliphatic carbocycles. The van der Waals surface area contributed by atoms with Crippen LogP contribution in [-0.4, -0.2) is 11.1 Å². The minimum atomic E-state index is -0.719. The van der Waals surface area contributed by atoms with E-state index in [9.17, 15) is 4.79 Å². The molecule has 0 radical (unpaired) electrons. The van der Waals surface area contributed by atoms with Crippen LogP contribution in [-0.2, 0) is 34.4 Å². The Bertz CT molecular complexity index is 913. The summed E-state index contributed by atoms with van der Waals surface area (Å²) in [5, 5.41) is 5.30. The van der Waals surface area contributed by atoms with E-state index in [1.54, 1.807) is 12.1 Å². The van der Waals surface area contributed by atoms with E-state index in [0.717, 1.165) is 73.9 Å². The number of fused-ring (bicyclic) bond motifs is 1. The van der Waals surface area contributed by atoms with Crippen molar-refractivity contribution in [2.45, 2.75) is 77.2 Å². The fourth-order valence-electron chi connectivity index (χ4n) is 4.80. The quantitative estimate of drug-likeness (QED) is 0.518. The van der Waals surface area contributed by atoms with Crippen LogP contribution in [0.3, 0.4) is 0 Å². The third kappa shape index (κ3) is 4.06. The number of benzene rings is 1. The standard InChI is InChI=1S/C23H27Cl2NO3/c1-22(2)11-8-20-16(13-22)19(26-29-20)14-28-21(27)23(9-4-3-5-10-23)17-7-6-15(24)12-18(17)25/h6-7,12H,3-5,8-11,13-14H2,1-2H3. The zero-order chi connectivity index (χ0) is 20.6. The third-order valence-electron chi connectivity index (χ3n) is 6.52. The second-order valence-electron chi connectivity index (χ2n) is 9.22. The maximum atomic E-state index is 13.4. The number of hydrogen-bond donors (Lipinski definition) is 0. The summed E-state index contributed by atoms with van der Waals surface area (Å²) >= 11 is 12.6. The Labute approximate surface area is 181 Å². The fourth-order valence-corrected chi connectivity index (χ4v) is 5.39. The highest BCUT2D eigenvalue weighted by molar-refractivity contribution is 6.35. The zero-order valence-electron chi connectivity index (χ0n) is 17.0. The third-order valence-corrected chi connectivity index (χ3v) is 7.07. The Morgan fingerprint density at radius 2 is 1.93 bits per heavy atom. The van der Waals surface area contributed by atoms with Crippen LogP contribution in [0, 0.1) is 5.41 Å². The molecule has 0 bridgehead atoms. The van der Waals surface area contributed by atoms with E-state index >= 15 is 0 Å². The Kier molecular flexibility index (Phi) is 5.69. The molecule has 156 valence electrons. The number of nitrogens with zero attached hydrogens (tertiary/aromatic N) is 1. The molecule has 1 fully saturated rings. The van der Waals surface area contributed by atoms with Gasteiger partial charge in [-0.15, -0.1) is 0 Å². The first kappa shape index (κ1) is 20.7. The summed E-state index contributed by atoms with van der Waals surface area (Å²) in [5.41, 5.74) is 2.16. The predicted molar refractivity (Wildman–Crippen MR) is 113 cm³/mol. The molecule has 0 atom stereocenters. The van der Waals surface area contributed by atoms with E-state index in [2.05, 4.69) is 19.0 Å². The molecule has 0 amide bonds. The van der Waals surface area contributed by atoms with Crippen LogP contribution in [0.15, 0.2) is 22.7 Å². The molecule has 0 N–H and O–H groups in total. The van der Waals surface area contributed by atoms with Gasteiger partial charge in [0, 0.05) is 22.0 Å². The molecule has 4 rings (SSSR count). The normalized spacial score (nSPS) is 20.1. The largest absolute Gasteiger partial charge is 0.458 e. The van der Waals surface area contributed by atoms with Crippen molar-refractivity contribution in [3.8, 4) is 0 Å². The second kappa shape index (κ2) is 7.96. The number of carbonyl (C=O) groups excluding carboxylic acids is 1. The molecule has 1 aromatic heterocycles. The Morgan fingerprint density at radius 3 is 2.66 bits per heavy atom. The first-order chi connectivity index (χ1) is 13.8. The lowest BCUT2D eigenvalue weighted by Gasteiger charge is -2.36. The van der Waals surface area contributed by atoms with E-state index < -0.39 is 5.41 Å². The Morgan fingerprint density at radius 1 is 1.17 bits per heavy atom. The molecule has 4 nitrogen and oxygen atoms in total. The van der Waals surface area contributed by atoms with Crippen LogP contribution in [0.5, 0.6) is 0 Å². The average molecular weight is 436 g/mol. The summed E-state index contributed by atoms with van der Waals surface area (Å²) in [6, 6.07) is 5.37. The molecule has 0 saturated heterocycles. The molecule has 0 unspecified atom stereocenters. The summed E-state index contributed by atoms with van der Waals surface area (Å²) in [6.07, 6.45) is 7.39. The van der Waals surface area contributed by atoms with Gasteiger partial charge in [-0.2, -0.15) is 0 Å². The molecular weight excluding hydrogens is 409 g/mol. The predicted octanol–water partition coefficient (Wildman–Crippen LogP) is 6.44. The fraction of sp³-hybridized carbons (Fsp3) is 0.565.